The van der Waals surface area contributed by atoms with E-state index >= 15 is 0 Å². The van der Waals surface area contributed by atoms with E-state index in [2.05, 4.69) is 0 Å². The van der Waals surface area contributed by atoms with E-state index in [0.29, 0.717) is 0 Å². The molecule has 4 heavy (non-hydrogen) atoms. The van der Waals surface area contributed by atoms with Crippen LogP contribution < -0.4 is 0 Å². The molecule has 0 N–H and O–H groups in total. The molecule has 0 unspecified atom stereocenters. The van der Waals surface area contributed by atoms with Crippen molar-refractivity contribution < 1.29 is 38.3 Å². The van der Waals surface area contributed by atoms with Crippen LogP contribution >= 0.6 is 0 Å². The minimum absolute atomic E-state index is 0. The van der Waals surface area contributed by atoms with Gasteiger partial charge in [0, 0.05) is 0 Å². The van der Waals surface area contributed by atoms with Gasteiger partial charge in [-0.25, -0.2) is 0 Å². The van der Waals surface area contributed by atoms with Crippen molar-refractivity contribution in [2.75, 3.05) is 0 Å². The molecule has 0 saturated heterocycles. The van der Waals surface area contributed by atoms with E-state index < -0.39 is 0 Å². The van der Waals surface area contributed by atoms with Gasteiger partial charge in [0.1, 0.15) is 0 Å². The largest absolute Gasteiger partial charge is 2.00 e. The predicted molar refractivity (Wildman–Crippen MR) is 7.13 cm³/mol. The zero-order valence-corrected chi connectivity index (χ0v) is 7.68. The van der Waals surface area contributed by atoms with Crippen molar-refractivity contribution in [2.45, 2.75) is 0 Å². The summed E-state index contributed by atoms with van der Waals surface area (Å²) < 4.78 is 0. The third kappa shape index (κ3) is 9.49. The quantitative estimate of drug-likeness (QED) is 0.433. The smallest absolute Gasteiger partial charge is 2.00 e. The van der Waals surface area contributed by atoms with Crippen LogP contribution in [-0.2, 0) is 38.3 Å². The van der Waals surface area contributed by atoms with Crippen LogP contribution in [0.3, 0.4) is 0 Å². The second kappa shape index (κ2) is 23.2. The number of rotatable bonds is 0. The molecule has 0 atom stereocenters. The topological polar surface area (TPSA) is 57.0 Å². The maximum absolute atomic E-state index is 0. The van der Waals surface area contributed by atoms with Crippen molar-refractivity contribution in [3.63, 3.8) is 0 Å². The Labute approximate surface area is 60.9 Å². The maximum atomic E-state index is 0. The molecule has 0 aliphatic carbocycles. The fourth-order valence-corrected chi connectivity index (χ4v) is 0. The first-order valence-corrected chi connectivity index (χ1v) is 0. The molecule has 16 valence electrons. The molecule has 0 aromatic heterocycles. The van der Waals surface area contributed by atoms with Crippen LogP contribution in [0.15, 0.2) is 0 Å². The minimum atomic E-state index is 0. The van der Waals surface area contributed by atoms with Crippen molar-refractivity contribution in [2.24, 2.45) is 0 Å². The summed E-state index contributed by atoms with van der Waals surface area (Å²) >= 11 is 0. The molecule has 0 saturated carbocycles. The van der Waals surface area contributed by atoms with Crippen molar-refractivity contribution >= 4 is 23.1 Å². The van der Waals surface area contributed by atoms with Gasteiger partial charge in [-0.05, 0) is 0 Å². The SMILES string of the molecule is [Cd+2].[Mg+2].[O-2].[O-2]. The molecule has 0 heterocycles. The Hall–Kier alpha value is 1.61. The van der Waals surface area contributed by atoms with Gasteiger partial charge in [-0.3, -0.25) is 0 Å². The fraction of sp³-hybridized carbons (Fsp3) is 0. The van der Waals surface area contributed by atoms with Gasteiger partial charge in [0.2, 0.25) is 0 Å². The Morgan fingerprint density at radius 1 is 0.750 bits per heavy atom. The van der Waals surface area contributed by atoms with Crippen molar-refractivity contribution in [3.8, 4) is 0 Å². The van der Waals surface area contributed by atoms with E-state index in [1.165, 1.54) is 0 Å². The van der Waals surface area contributed by atoms with E-state index in [-0.39, 0.29) is 61.3 Å². The van der Waals surface area contributed by atoms with Gasteiger partial charge in [-0.1, -0.05) is 0 Å². The van der Waals surface area contributed by atoms with Crippen molar-refractivity contribution in [3.05, 3.63) is 0 Å². The molecule has 0 aromatic rings. The molecule has 0 bridgehead atoms. The molecule has 0 fully saturated rings. The van der Waals surface area contributed by atoms with Gasteiger partial charge in [0.05, 0.1) is 0 Å². The van der Waals surface area contributed by atoms with Crippen LogP contribution in [0.1, 0.15) is 0 Å². The number of hydrogen-bond acceptors (Lipinski definition) is 0. The minimum Gasteiger partial charge on any atom is -2.00 e. The molecule has 0 amide bonds. The van der Waals surface area contributed by atoms with E-state index in [4.69, 9.17) is 0 Å². The Morgan fingerprint density at radius 3 is 0.750 bits per heavy atom. The van der Waals surface area contributed by atoms with Crippen LogP contribution in [-0.4, -0.2) is 23.1 Å². The second-order valence-electron chi connectivity index (χ2n) is 0. The first-order valence-electron chi connectivity index (χ1n) is 0. The van der Waals surface area contributed by atoms with Crippen molar-refractivity contribution in [1.29, 1.82) is 0 Å². The summed E-state index contributed by atoms with van der Waals surface area (Å²) in [4.78, 5) is 0. The molecule has 0 aromatic carbocycles. The number of hydrogen-bond donors (Lipinski definition) is 0. The van der Waals surface area contributed by atoms with Gasteiger partial charge in [-0.15, -0.1) is 0 Å². The first-order chi connectivity index (χ1) is 0. The van der Waals surface area contributed by atoms with Crippen LogP contribution in [0.25, 0.3) is 0 Å². The molecular formula is CdMgO2. The fourth-order valence-electron chi connectivity index (χ4n) is 0. The zero-order valence-electron chi connectivity index (χ0n) is 2.23. The summed E-state index contributed by atoms with van der Waals surface area (Å²) in [7, 11) is 0. The Kier molecular flexibility index (Phi) is 267. The van der Waals surface area contributed by atoms with E-state index in [0.717, 1.165) is 0 Å². The maximum Gasteiger partial charge on any atom is 2.00 e. The molecule has 0 aliphatic heterocycles. The van der Waals surface area contributed by atoms with E-state index in [1.54, 1.807) is 0 Å². The standard InChI is InChI=1S/Cd.Mg.2O/q2*+2;2*-2. The predicted octanol–water partition coefficient (Wildman–Crippen LogP) is -0.621. The second-order valence-corrected chi connectivity index (χ2v) is 0. The Bertz CT molecular complexity index is 6.00. The van der Waals surface area contributed by atoms with E-state index in [1.807, 2.05) is 0 Å². The molecular weight excluding hydrogens is 169 g/mol. The molecule has 0 aliphatic rings. The molecule has 4 heteroatoms. The summed E-state index contributed by atoms with van der Waals surface area (Å²) in [6.07, 6.45) is 0. The van der Waals surface area contributed by atoms with Crippen molar-refractivity contribution in [1.82, 2.24) is 0 Å². The van der Waals surface area contributed by atoms with Gasteiger partial charge in [0.25, 0.3) is 0 Å². The Morgan fingerprint density at radius 2 is 0.750 bits per heavy atom. The summed E-state index contributed by atoms with van der Waals surface area (Å²) in [5.41, 5.74) is 0. The average Bonchev–Trinajstić information content (AvgIpc) is 0. The van der Waals surface area contributed by atoms with Crippen LogP contribution in [0, 0.1) is 0 Å². The molecule has 0 spiro atoms. The van der Waals surface area contributed by atoms with Gasteiger partial charge >= 0.3 is 50.4 Å². The average molecular weight is 169 g/mol. The summed E-state index contributed by atoms with van der Waals surface area (Å²) in [5.74, 6) is 0. The Balaban J connectivity index is 0. The van der Waals surface area contributed by atoms with Gasteiger partial charge in [-0.2, -0.15) is 0 Å². The third-order valence-electron chi connectivity index (χ3n) is 0. The first kappa shape index (κ1) is 46.0. The molecule has 0 rings (SSSR count). The summed E-state index contributed by atoms with van der Waals surface area (Å²) in [6.45, 7) is 0. The van der Waals surface area contributed by atoms with Crippen LogP contribution in [0.2, 0.25) is 0 Å². The van der Waals surface area contributed by atoms with E-state index in [9.17, 15) is 0 Å². The van der Waals surface area contributed by atoms with Gasteiger partial charge < -0.3 is 11.0 Å². The van der Waals surface area contributed by atoms with Gasteiger partial charge in [0.15, 0.2) is 0 Å². The normalized spacial score (nSPS) is 0. The molecule has 2 nitrogen and oxygen atoms in total. The monoisotopic (exact) mass is 170 g/mol. The van der Waals surface area contributed by atoms with Crippen LogP contribution in [0.5, 0.6) is 0 Å². The third-order valence-corrected chi connectivity index (χ3v) is 0. The summed E-state index contributed by atoms with van der Waals surface area (Å²) in [6, 6.07) is 0. The summed E-state index contributed by atoms with van der Waals surface area (Å²) in [5, 5.41) is 0. The van der Waals surface area contributed by atoms with Crippen LogP contribution in [0.4, 0.5) is 0 Å². The molecule has 0 radical (unpaired) electrons. The zero-order chi connectivity index (χ0) is 0.